The minimum atomic E-state index is -4.74. The van der Waals surface area contributed by atoms with Gasteiger partial charge >= 0.3 is 6.18 Å². The Bertz CT molecular complexity index is 1130. The molecule has 3 rings (SSSR count). The Hall–Kier alpha value is -2.43. The molecule has 0 radical (unpaired) electrons. The summed E-state index contributed by atoms with van der Waals surface area (Å²) in [5.41, 5.74) is -1.12. The van der Waals surface area contributed by atoms with Gasteiger partial charge in [0, 0.05) is 10.6 Å². The minimum absolute atomic E-state index is 0.0251. The number of aromatic nitrogens is 2. The topological polar surface area (TPSA) is 78.0 Å². The van der Waals surface area contributed by atoms with E-state index in [2.05, 4.69) is 5.10 Å². The van der Waals surface area contributed by atoms with E-state index < -0.39 is 32.6 Å². The van der Waals surface area contributed by atoms with E-state index in [-0.39, 0.29) is 22.0 Å². The summed E-state index contributed by atoms with van der Waals surface area (Å²) in [4.78, 5) is -0.767. The van der Waals surface area contributed by atoms with Crippen molar-refractivity contribution >= 4 is 21.6 Å². The van der Waals surface area contributed by atoms with E-state index in [0.29, 0.717) is 0 Å². The van der Waals surface area contributed by atoms with E-state index in [1.165, 1.54) is 24.3 Å². The molecule has 0 saturated heterocycles. The summed E-state index contributed by atoms with van der Waals surface area (Å²) < 4.78 is 77.1. The molecule has 142 valence electrons. The molecule has 0 aliphatic rings. The number of halogens is 5. The van der Waals surface area contributed by atoms with Crippen LogP contribution in [-0.4, -0.2) is 18.2 Å². The van der Waals surface area contributed by atoms with Gasteiger partial charge in [-0.25, -0.2) is 22.6 Å². The molecule has 1 heterocycles. The second-order valence-corrected chi connectivity index (χ2v) is 7.46. The molecule has 0 amide bonds. The predicted octanol–water partition coefficient (Wildman–Crippen LogP) is 4.00. The number of primary sulfonamides is 1. The van der Waals surface area contributed by atoms with Gasteiger partial charge in [0.2, 0.25) is 10.0 Å². The van der Waals surface area contributed by atoms with Gasteiger partial charge in [0.15, 0.2) is 5.69 Å². The average molecular weight is 420 g/mol. The predicted molar refractivity (Wildman–Crippen MR) is 90.3 cm³/mol. The second-order valence-electron chi connectivity index (χ2n) is 5.49. The quantitative estimate of drug-likeness (QED) is 0.652. The van der Waals surface area contributed by atoms with Gasteiger partial charge < -0.3 is 0 Å². The van der Waals surface area contributed by atoms with Gasteiger partial charge in [-0.1, -0.05) is 23.7 Å². The Balaban J connectivity index is 2.23. The van der Waals surface area contributed by atoms with E-state index in [9.17, 15) is 26.0 Å². The minimum Gasteiger partial charge on any atom is -0.232 e. The number of nitrogens with zero attached hydrogens (tertiary/aromatic N) is 2. The number of hydrogen-bond acceptors (Lipinski definition) is 3. The zero-order chi connectivity index (χ0) is 20.0. The van der Waals surface area contributed by atoms with Crippen LogP contribution in [0.2, 0.25) is 5.02 Å². The Morgan fingerprint density at radius 1 is 1.07 bits per heavy atom. The molecule has 0 aliphatic heterocycles. The number of rotatable bonds is 3. The van der Waals surface area contributed by atoms with Crippen LogP contribution in [0.15, 0.2) is 53.4 Å². The molecule has 27 heavy (non-hydrogen) atoms. The summed E-state index contributed by atoms with van der Waals surface area (Å²) in [6.07, 6.45) is -4.74. The summed E-state index contributed by atoms with van der Waals surface area (Å²) in [6, 6.07) is 9.42. The van der Waals surface area contributed by atoms with Gasteiger partial charge in [-0.05, 0) is 36.4 Å². The number of alkyl halides is 3. The van der Waals surface area contributed by atoms with E-state index >= 15 is 0 Å². The fourth-order valence-electron chi connectivity index (χ4n) is 2.42. The van der Waals surface area contributed by atoms with E-state index in [4.69, 9.17) is 16.7 Å². The molecule has 5 nitrogen and oxygen atoms in total. The molecule has 2 aromatic carbocycles. The largest absolute Gasteiger partial charge is 0.435 e. The highest BCUT2D eigenvalue weighted by Gasteiger charge is 2.35. The van der Waals surface area contributed by atoms with Crippen molar-refractivity contribution in [1.29, 1.82) is 0 Å². The molecule has 0 unspecified atom stereocenters. The molecular formula is C16H10ClF4N3O2S. The summed E-state index contributed by atoms with van der Waals surface area (Å²) >= 11 is 5.88. The lowest BCUT2D eigenvalue weighted by atomic mass is 10.1. The second kappa shape index (κ2) is 6.63. The SMILES string of the molecule is NS(=O)(=O)c1ccc(-c2cc(C(F)(F)F)nn2-c2cccc(Cl)c2)cc1F. The smallest absolute Gasteiger partial charge is 0.232 e. The van der Waals surface area contributed by atoms with Crippen molar-refractivity contribution in [2.24, 2.45) is 5.14 Å². The van der Waals surface area contributed by atoms with Gasteiger partial charge in [0.05, 0.1) is 11.4 Å². The van der Waals surface area contributed by atoms with Crippen molar-refractivity contribution < 1.29 is 26.0 Å². The first-order chi connectivity index (χ1) is 12.5. The van der Waals surface area contributed by atoms with Crippen LogP contribution >= 0.6 is 11.6 Å². The fourth-order valence-corrected chi connectivity index (χ4v) is 3.19. The van der Waals surface area contributed by atoms with Crippen molar-refractivity contribution in [1.82, 2.24) is 9.78 Å². The van der Waals surface area contributed by atoms with Crippen molar-refractivity contribution in [2.45, 2.75) is 11.1 Å². The van der Waals surface area contributed by atoms with Gasteiger partial charge in [0.1, 0.15) is 10.7 Å². The molecule has 0 saturated carbocycles. The number of benzene rings is 2. The van der Waals surface area contributed by atoms with Crippen molar-refractivity contribution in [3.8, 4) is 16.9 Å². The number of hydrogen-bond donors (Lipinski definition) is 1. The molecule has 1 aromatic heterocycles. The lowest BCUT2D eigenvalue weighted by Gasteiger charge is -2.09. The van der Waals surface area contributed by atoms with Crippen molar-refractivity contribution in [3.63, 3.8) is 0 Å². The lowest BCUT2D eigenvalue weighted by Crippen LogP contribution is -2.14. The van der Waals surface area contributed by atoms with Crippen LogP contribution in [0.4, 0.5) is 17.6 Å². The van der Waals surface area contributed by atoms with Crippen LogP contribution in [0, 0.1) is 5.82 Å². The summed E-state index contributed by atoms with van der Waals surface area (Å²) in [6.45, 7) is 0. The van der Waals surface area contributed by atoms with Crippen LogP contribution in [0.1, 0.15) is 5.69 Å². The highest BCUT2D eigenvalue weighted by Crippen LogP contribution is 2.34. The first-order valence-corrected chi connectivity index (χ1v) is 9.15. The Labute approximate surface area is 156 Å². The van der Waals surface area contributed by atoms with Crippen molar-refractivity contribution in [2.75, 3.05) is 0 Å². The summed E-state index contributed by atoms with van der Waals surface area (Å²) in [7, 11) is -4.31. The third kappa shape index (κ3) is 3.97. The van der Waals surface area contributed by atoms with E-state index in [1.54, 1.807) is 0 Å². The molecule has 3 aromatic rings. The zero-order valence-corrected chi connectivity index (χ0v) is 14.8. The third-order valence-electron chi connectivity index (χ3n) is 3.59. The number of nitrogens with two attached hydrogens (primary N) is 1. The van der Waals surface area contributed by atoms with Crippen LogP contribution in [0.25, 0.3) is 16.9 Å². The van der Waals surface area contributed by atoms with Gasteiger partial charge in [-0.3, -0.25) is 0 Å². The van der Waals surface area contributed by atoms with Crippen LogP contribution in [0.3, 0.4) is 0 Å². The first-order valence-electron chi connectivity index (χ1n) is 7.23. The third-order valence-corrected chi connectivity index (χ3v) is 4.77. The number of sulfonamides is 1. The lowest BCUT2D eigenvalue weighted by molar-refractivity contribution is -0.141. The van der Waals surface area contributed by atoms with E-state index in [1.807, 2.05) is 0 Å². The maximum Gasteiger partial charge on any atom is 0.435 e. The average Bonchev–Trinajstić information content (AvgIpc) is 2.99. The molecule has 0 fully saturated rings. The first kappa shape index (κ1) is 19.3. The standard InChI is InChI=1S/C16H10ClF4N3O2S/c17-10-2-1-3-11(7-10)24-13(8-15(23-24)16(19,20)21)9-4-5-14(12(18)6-9)27(22,25)26/h1-8H,(H2,22,25,26). The fraction of sp³-hybridized carbons (Fsp3) is 0.0625. The van der Waals surface area contributed by atoms with Crippen LogP contribution in [0.5, 0.6) is 0 Å². The molecule has 0 bridgehead atoms. The van der Waals surface area contributed by atoms with Gasteiger partial charge in [0.25, 0.3) is 0 Å². The molecular weight excluding hydrogens is 410 g/mol. The van der Waals surface area contributed by atoms with Gasteiger partial charge in [-0.15, -0.1) is 0 Å². The summed E-state index contributed by atoms with van der Waals surface area (Å²) in [5, 5.41) is 8.70. The molecule has 11 heteroatoms. The Morgan fingerprint density at radius 2 is 1.78 bits per heavy atom. The van der Waals surface area contributed by atoms with Crippen molar-refractivity contribution in [3.05, 3.63) is 65.1 Å². The van der Waals surface area contributed by atoms with Crippen LogP contribution in [-0.2, 0) is 16.2 Å². The highest BCUT2D eigenvalue weighted by atomic mass is 35.5. The molecule has 0 spiro atoms. The normalized spacial score (nSPS) is 12.4. The zero-order valence-electron chi connectivity index (χ0n) is 13.2. The van der Waals surface area contributed by atoms with E-state index in [0.717, 1.165) is 28.9 Å². The molecule has 0 atom stereocenters. The Morgan fingerprint density at radius 3 is 2.33 bits per heavy atom. The molecule has 2 N–H and O–H groups in total. The van der Waals surface area contributed by atoms with Gasteiger partial charge in [-0.2, -0.15) is 18.3 Å². The Kier molecular flexibility index (Phi) is 4.74. The maximum atomic E-state index is 14.1. The van der Waals surface area contributed by atoms with Crippen LogP contribution < -0.4 is 5.14 Å². The molecule has 0 aliphatic carbocycles. The highest BCUT2D eigenvalue weighted by molar-refractivity contribution is 7.89. The summed E-state index contributed by atoms with van der Waals surface area (Å²) in [5.74, 6) is -1.19. The maximum absolute atomic E-state index is 14.1. The monoisotopic (exact) mass is 419 g/mol.